The van der Waals surface area contributed by atoms with Crippen molar-refractivity contribution < 1.29 is 9.47 Å². The van der Waals surface area contributed by atoms with Crippen LogP contribution in [0.3, 0.4) is 0 Å². The van der Waals surface area contributed by atoms with E-state index in [-0.39, 0.29) is 6.61 Å². The van der Waals surface area contributed by atoms with Gasteiger partial charge in [0.1, 0.15) is 18.1 Å². The number of benzene rings is 2. The van der Waals surface area contributed by atoms with Gasteiger partial charge >= 0.3 is 0 Å². The molecule has 3 rings (SSSR count). The van der Waals surface area contributed by atoms with Gasteiger partial charge in [-0.1, -0.05) is 23.7 Å². The summed E-state index contributed by atoms with van der Waals surface area (Å²) in [7, 11) is 1.62. The topological polar surface area (TPSA) is 86.1 Å². The van der Waals surface area contributed by atoms with Crippen LogP contribution in [0.2, 0.25) is 5.02 Å². The largest absolute Gasteiger partial charge is 0.497 e. The van der Waals surface area contributed by atoms with Crippen LogP contribution < -0.4 is 15.2 Å². The summed E-state index contributed by atoms with van der Waals surface area (Å²) in [5.41, 5.74) is 7.07. The predicted molar refractivity (Wildman–Crippen MR) is 91.2 cm³/mol. The van der Waals surface area contributed by atoms with Crippen molar-refractivity contribution in [2.75, 3.05) is 7.11 Å². The van der Waals surface area contributed by atoms with E-state index in [4.69, 9.17) is 26.8 Å². The Morgan fingerprint density at radius 3 is 2.42 bits per heavy atom. The Bertz CT molecular complexity index is 787. The fourth-order valence-corrected chi connectivity index (χ4v) is 2.28. The standard InChI is InChI=1S/C17H17ClN4O2/c1-23-13-6-8-14(9-7-13)24-10-15-20-17(22-21-15)16(19)11-2-4-12(18)5-3-11/h2-9,16H,10,19H2,1H3,(H,20,21,22). The van der Waals surface area contributed by atoms with Gasteiger partial charge in [-0.05, 0) is 42.0 Å². The molecule has 2 aromatic carbocycles. The molecular formula is C17H17ClN4O2. The van der Waals surface area contributed by atoms with Gasteiger partial charge in [0, 0.05) is 5.02 Å². The number of ether oxygens (including phenoxy) is 2. The van der Waals surface area contributed by atoms with Crippen molar-refractivity contribution in [3.8, 4) is 11.5 Å². The molecule has 0 aliphatic rings. The highest BCUT2D eigenvalue weighted by Crippen LogP contribution is 2.20. The Balaban J connectivity index is 1.63. The van der Waals surface area contributed by atoms with Crippen LogP contribution in [0, 0.1) is 0 Å². The third-order valence-corrected chi connectivity index (χ3v) is 3.74. The maximum Gasteiger partial charge on any atom is 0.172 e. The van der Waals surface area contributed by atoms with E-state index in [1.807, 2.05) is 36.4 Å². The second-order valence-corrected chi connectivity index (χ2v) is 5.57. The van der Waals surface area contributed by atoms with Crippen LogP contribution >= 0.6 is 11.6 Å². The molecule has 0 radical (unpaired) electrons. The molecule has 0 spiro atoms. The minimum absolute atomic E-state index is 0.271. The normalized spacial score (nSPS) is 12.0. The first-order chi connectivity index (χ1) is 11.7. The molecule has 7 heteroatoms. The minimum Gasteiger partial charge on any atom is -0.497 e. The Morgan fingerprint density at radius 1 is 1.08 bits per heavy atom. The van der Waals surface area contributed by atoms with Crippen molar-refractivity contribution in [2.24, 2.45) is 5.73 Å². The van der Waals surface area contributed by atoms with E-state index in [9.17, 15) is 0 Å². The van der Waals surface area contributed by atoms with E-state index in [1.54, 1.807) is 19.2 Å². The zero-order valence-corrected chi connectivity index (χ0v) is 13.8. The van der Waals surface area contributed by atoms with Gasteiger partial charge in [-0.15, -0.1) is 0 Å². The molecular weight excluding hydrogens is 328 g/mol. The summed E-state index contributed by atoms with van der Waals surface area (Å²) < 4.78 is 10.8. The number of hydrogen-bond acceptors (Lipinski definition) is 5. The number of hydrogen-bond donors (Lipinski definition) is 2. The molecule has 1 aromatic heterocycles. The van der Waals surface area contributed by atoms with Crippen LogP contribution in [0.15, 0.2) is 48.5 Å². The molecule has 0 bridgehead atoms. The average Bonchev–Trinajstić information content (AvgIpc) is 3.09. The van der Waals surface area contributed by atoms with Crippen molar-refractivity contribution in [3.05, 3.63) is 70.8 Å². The number of nitrogens with zero attached hydrogens (tertiary/aromatic N) is 2. The average molecular weight is 345 g/mol. The van der Waals surface area contributed by atoms with Crippen molar-refractivity contribution in [3.63, 3.8) is 0 Å². The molecule has 3 aromatic rings. The Hall–Kier alpha value is -2.57. The molecule has 1 heterocycles. The second-order valence-electron chi connectivity index (χ2n) is 5.13. The maximum absolute atomic E-state index is 6.18. The molecule has 0 amide bonds. The van der Waals surface area contributed by atoms with E-state index >= 15 is 0 Å². The summed E-state index contributed by atoms with van der Waals surface area (Å²) in [4.78, 5) is 4.38. The summed E-state index contributed by atoms with van der Waals surface area (Å²) in [6.07, 6.45) is 0. The zero-order valence-electron chi connectivity index (χ0n) is 13.1. The van der Waals surface area contributed by atoms with Gasteiger partial charge in [0.2, 0.25) is 0 Å². The molecule has 1 unspecified atom stereocenters. The van der Waals surface area contributed by atoms with E-state index in [0.29, 0.717) is 16.7 Å². The number of aromatic nitrogens is 3. The monoisotopic (exact) mass is 344 g/mol. The molecule has 0 saturated carbocycles. The number of rotatable bonds is 6. The molecule has 0 fully saturated rings. The highest BCUT2D eigenvalue weighted by molar-refractivity contribution is 6.30. The second kappa shape index (κ2) is 7.33. The lowest BCUT2D eigenvalue weighted by molar-refractivity contribution is 0.295. The SMILES string of the molecule is COc1ccc(OCc2nc(C(N)c3ccc(Cl)cc3)n[nH]2)cc1. The molecule has 0 aliphatic heterocycles. The Labute approximate surface area is 144 Å². The van der Waals surface area contributed by atoms with Gasteiger partial charge in [-0.2, -0.15) is 5.10 Å². The number of methoxy groups -OCH3 is 1. The molecule has 1 atom stereocenters. The van der Waals surface area contributed by atoms with Crippen LogP contribution in [0.5, 0.6) is 11.5 Å². The lowest BCUT2D eigenvalue weighted by Gasteiger charge is -2.07. The Morgan fingerprint density at radius 2 is 1.75 bits per heavy atom. The summed E-state index contributed by atoms with van der Waals surface area (Å²) in [6, 6.07) is 14.2. The summed E-state index contributed by atoms with van der Waals surface area (Å²) in [5.74, 6) is 2.60. The van der Waals surface area contributed by atoms with Crippen molar-refractivity contribution in [1.82, 2.24) is 15.2 Å². The van der Waals surface area contributed by atoms with Gasteiger partial charge < -0.3 is 15.2 Å². The number of aromatic amines is 1. The summed E-state index contributed by atoms with van der Waals surface area (Å²) in [6.45, 7) is 0.271. The number of nitrogens with one attached hydrogen (secondary N) is 1. The van der Waals surface area contributed by atoms with E-state index in [2.05, 4.69) is 15.2 Å². The number of halogens is 1. The molecule has 3 N–H and O–H groups in total. The molecule has 124 valence electrons. The van der Waals surface area contributed by atoms with Crippen molar-refractivity contribution in [2.45, 2.75) is 12.6 Å². The van der Waals surface area contributed by atoms with Gasteiger partial charge in [0.15, 0.2) is 11.6 Å². The van der Waals surface area contributed by atoms with E-state index in [0.717, 1.165) is 17.1 Å². The highest BCUT2D eigenvalue weighted by Gasteiger charge is 2.14. The van der Waals surface area contributed by atoms with Crippen LogP contribution in [-0.2, 0) is 6.61 Å². The van der Waals surface area contributed by atoms with Crippen LogP contribution in [0.4, 0.5) is 0 Å². The van der Waals surface area contributed by atoms with Crippen LogP contribution in [-0.4, -0.2) is 22.3 Å². The fourth-order valence-electron chi connectivity index (χ4n) is 2.16. The predicted octanol–water partition coefficient (Wildman–Crippen LogP) is 3.09. The van der Waals surface area contributed by atoms with Gasteiger partial charge in [-0.3, -0.25) is 5.10 Å². The minimum atomic E-state index is -0.423. The fraction of sp³-hybridized carbons (Fsp3) is 0.176. The first-order valence-corrected chi connectivity index (χ1v) is 7.72. The molecule has 6 nitrogen and oxygen atoms in total. The van der Waals surface area contributed by atoms with Gasteiger partial charge in [0.05, 0.1) is 13.2 Å². The molecule has 24 heavy (non-hydrogen) atoms. The molecule has 0 aliphatic carbocycles. The lowest BCUT2D eigenvalue weighted by atomic mass is 10.1. The van der Waals surface area contributed by atoms with Gasteiger partial charge in [-0.25, -0.2) is 4.98 Å². The smallest absolute Gasteiger partial charge is 0.172 e. The van der Waals surface area contributed by atoms with Crippen LogP contribution in [0.25, 0.3) is 0 Å². The lowest BCUT2D eigenvalue weighted by Crippen LogP contribution is -2.13. The molecule has 0 saturated heterocycles. The van der Waals surface area contributed by atoms with Crippen molar-refractivity contribution in [1.29, 1.82) is 0 Å². The summed E-state index contributed by atoms with van der Waals surface area (Å²) in [5, 5.41) is 7.67. The van der Waals surface area contributed by atoms with E-state index < -0.39 is 6.04 Å². The quantitative estimate of drug-likeness (QED) is 0.717. The summed E-state index contributed by atoms with van der Waals surface area (Å²) >= 11 is 5.88. The number of nitrogens with two attached hydrogens (primary N) is 1. The zero-order chi connectivity index (χ0) is 16.9. The third-order valence-electron chi connectivity index (χ3n) is 3.49. The first-order valence-electron chi connectivity index (χ1n) is 7.35. The Kier molecular flexibility index (Phi) is 4.98. The van der Waals surface area contributed by atoms with E-state index in [1.165, 1.54) is 0 Å². The van der Waals surface area contributed by atoms with Crippen LogP contribution in [0.1, 0.15) is 23.3 Å². The number of H-pyrrole nitrogens is 1. The van der Waals surface area contributed by atoms with Crippen molar-refractivity contribution >= 4 is 11.6 Å². The highest BCUT2D eigenvalue weighted by atomic mass is 35.5. The first kappa shape index (κ1) is 16.3. The van der Waals surface area contributed by atoms with Gasteiger partial charge in [0.25, 0.3) is 0 Å². The third kappa shape index (κ3) is 3.84. The maximum atomic E-state index is 6.18.